The zero-order chi connectivity index (χ0) is 13.0. The van der Waals surface area contributed by atoms with Gasteiger partial charge in [0.1, 0.15) is 0 Å². The Morgan fingerprint density at radius 1 is 1.00 bits per heavy atom. The Labute approximate surface area is 120 Å². The molecule has 2 aliphatic carbocycles. The first kappa shape index (κ1) is 14.6. The fraction of sp³-hybridized carbons (Fsp3) is 0.875. The molecule has 0 atom stereocenters. The van der Waals surface area contributed by atoms with Crippen molar-refractivity contribution < 1.29 is 4.39 Å². The number of hydrogen-bond donors (Lipinski definition) is 0. The van der Waals surface area contributed by atoms with Crippen molar-refractivity contribution in [2.24, 2.45) is 23.7 Å². The van der Waals surface area contributed by atoms with E-state index in [1.807, 2.05) is 0 Å². The summed E-state index contributed by atoms with van der Waals surface area (Å²) in [6, 6.07) is 0. The summed E-state index contributed by atoms with van der Waals surface area (Å²) in [6.07, 6.45) is 14.0. The van der Waals surface area contributed by atoms with E-state index >= 15 is 0 Å². The fourth-order valence-electron chi connectivity index (χ4n) is 4.03. The van der Waals surface area contributed by atoms with Gasteiger partial charge in [0.15, 0.2) is 4.74 Å². The molecule has 104 valence electrons. The van der Waals surface area contributed by atoms with Gasteiger partial charge < -0.3 is 0 Å². The van der Waals surface area contributed by atoms with E-state index in [2.05, 4.69) is 22.9 Å². The van der Waals surface area contributed by atoms with E-state index in [-0.39, 0.29) is 4.74 Å². The molecule has 2 fully saturated rings. The molecule has 0 saturated heterocycles. The minimum atomic E-state index is -0.172. The SMILES string of the molecule is CCC1CCC(C2CCC(C=C(F)Br)CC2)CC1. The second kappa shape index (κ2) is 7.07. The first-order chi connectivity index (χ1) is 8.69. The van der Waals surface area contributed by atoms with Gasteiger partial charge in [-0.25, -0.2) is 0 Å². The summed E-state index contributed by atoms with van der Waals surface area (Å²) in [5.74, 6) is 3.40. The van der Waals surface area contributed by atoms with Crippen molar-refractivity contribution in [2.45, 2.75) is 64.7 Å². The molecule has 0 N–H and O–H groups in total. The molecule has 0 heterocycles. The van der Waals surface area contributed by atoms with Gasteiger partial charge in [0.2, 0.25) is 0 Å². The lowest BCUT2D eigenvalue weighted by atomic mass is 9.69. The summed E-state index contributed by atoms with van der Waals surface area (Å²) in [7, 11) is 0. The van der Waals surface area contributed by atoms with Crippen LogP contribution in [-0.2, 0) is 0 Å². The van der Waals surface area contributed by atoms with E-state index < -0.39 is 0 Å². The molecule has 0 spiro atoms. The standard InChI is InChI=1S/C16H26BrF/c1-2-12-3-7-14(8-4-12)15-9-5-13(6-10-15)11-16(17)18/h11-15H,2-10H2,1H3. The van der Waals surface area contributed by atoms with Crippen LogP contribution in [0.5, 0.6) is 0 Å². The molecule has 0 bridgehead atoms. The number of halogens is 2. The van der Waals surface area contributed by atoms with Crippen LogP contribution in [0.15, 0.2) is 10.8 Å². The molecule has 18 heavy (non-hydrogen) atoms. The Morgan fingerprint density at radius 2 is 1.50 bits per heavy atom. The van der Waals surface area contributed by atoms with Gasteiger partial charge in [0.05, 0.1) is 0 Å². The first-order valence-corrected chi connectivity index (χ1v) is 8.51. The van der Waals surface area contributed by atoms with Crippen molar-refractivity contribution >= 4 is 15.9 Å². The third-order valence-electron chi connectivity index (χ3n) is 5.31. The zero-order valence-electron chi connectivity index (χ0n) is 11.5. The Hall–Kier alpha value is 0.150. The topological polar surface area (TPSA) is 0 Å². The van der Waals surface area contributed by atoms with E-state index in [4.69, 9.17) is 0 Å². The van der Waals surface area contributed by atoms with E-state index in [0.717, 1.165) is 17.8 Å². The zero-order valence-corrected chi connectivity index (χ0v) is 13.1. The molecule has 2 aliphatic rings. The molecule has 2 saturated carbocycles. The molecule has 0 amide bonds. The monoisotopic (exact) mass is 316 g/mol. The van der Waals surface area contributed by atoms with Crippen molar-refractivity contribution in [2.75, 3.05) is 0 Å². The first-order valence-electron chi connectivity index (χ1n) is 7.71. The van der Waals surface area contributed by atoms with Crippen LogP contribution in [0.4, 0.5) is 4.39 Å². The summed E-state index contributed by atoms with van der Waals surface area (Å²) in [5.41, 5.74) is 0. The summed E-state index contributed by atoms with van der Waals surface area (Å²) in [6.45, 7) is 2.33. The third kappa shape index (κ3) is 4.08. The van der Waals surface area contributed by atoms with Crippen LogP contribution in [0.25, 0.3) is 0 Å². The highest BCUT2D eigenvalue weighted by Crippen LogP contribution is 2.42. The third-order valence-corrected chi connectivity index (χ3v) is 5.58. The van der Waals surface area contributed by atoms with Crippen LogP contribution in [0, 0.1) is 23.7 Å². The van der Waals surface area contributed by atoms with Crippen molar-refractivity contribution in [3.8, 4) is 0 Å². The molecular weight excluding hydrogens is 291 g/mol. The van der Waals surface area contributed by atoms with Crippen LogP contribution < -0.4 is 0 Å². The van der Waals surface area contributed by atoms with Crippen molar-refractivity contribution in [3.63, 3.8) is 0 Å². The van der Waals surface area contributed by atoms with Gasteiger partial charge in [0, 0.05) is 0 Å². The molecule has 0 nitrogen and oxygen atoms in total. The van der Waals surface area contributed by atoms with Crippen molar-refractivity contribution in [1.82, 2.24) is 0 Å². The maximum atomic E-state index is 12.8. The summed E-state index contributed by atoms with van der Waals surface area (Å²) >= 11 is 2.91. The normalized spacial score (nSPS) is 38.7. The molecule has 0 aromatic carbocycles. The van der Waals surface area contributed by atoms with Gasteiger partial charge in [0.25, 0.3) is 0 Å². The van der Waals surface area contributed by atoms with Crippen LogP contribution in [0.1, 0.15) is 64.7 Å². The maximum Gasteiger partial charge on any atom is 0.162 e. The summed E-state index contributed by atoms with van der Waals surface area (Å²) in [5, 5.41) is 0. The Balaban J connectivity index is 1.75. The molecule has 2 heteroatoms. The Kier molecular flexibility index (Phi) is 5.72. The minimum Gasteiger partial charge on any atom is -0.199 e. The predicted molar refractivity (Wildman–Crippen MR) is 79.3 cm³/mol. The highest BCUT2D eigenvalue weighted by atomic mass is 79.9. The lowest BCUT2D eigenvalue weighted by Gasteiger charge is -2.37. The summed E-state index contributed by atoms with van der Waals surface area (Å²) in [4.78, 5) is 0. The second-order valence-electron chi connectivity index (χ2n) is 6.32. The van der Waals surface area contributed by atoms with Gasteiger partial charge in [-0.15, -0.1) is 0 Å². The quantitative estimate of drug-likeness (QED) is 0.580. The highest BCUT2D eigenvalue weighted by molar-refractivity contribution is 9.11. The van der Waals surface area contributed by atoms with Gasteiger partial charge in [-0.1, -0.05) is 26.2 Å². The van der Waals surface area contributed by atoms with Crippen LogP contribution in [0.3, 0.4) is 0 Å². The molecular formula is C16H26BrF. The molecule has 0 radical (unpaired) electrons. The van der Waals surface area contributed by atoms with Crippen LogP contribution in [0.2, 0.25) is 0 Å². The molecule has 2 rings (SSSR count). The van der Waals surface area contributed by atoms with Crippen molar-refractivity contribution in [3.05, 3.63) is 10.8 Å². The Morgan fingerprint density at radius 3 is 1.94 bits per heavy atom. The highest BCUT2D eigenvalue weighted by Gasteiger charge is 2.29. The van der Waals surface area contributed by atoms with Crippen LogP contribution in [-0.4, -0.2) is 0 Å². The number of allylic oxidation sites excluding steroid dienone is 1. The van der Waals surface area contributed by atoms with Gasteiger partial charge in [-0.3, -0.25) is 0 Å². The second-order valence-corrected chi connectivity index (χ2v) is 7.08. The van der Waals surface area contributed by atoms with E-state index in [1.165, 1.54) is 57.8 Å². The lowest BCUT2D eigenvalue weighted by molar-refractivity contribution is 0.154. The van der Waals surface area contributed by atoms with E-state index in [0.29, 0.717) is 5.92 Å². The lowest BCUT2D eigenvalue weighted by Crippen LogP contribution is -2.25. The predicted octanol–water partition coefficient (Wildman–Crippen LogP) is 6.22. The van der Waals surface area contributed by atoms with Crippen molar-refractivity contribution in [1.29, 1.82) is 0 Å². The molecule has 0 aromatic heterocycles. The maximum absolute atomic E-state index is 12.8. The van der Waals surface area contributed by atoms with Gasteiger partial charge >= 0.3 is 0 Å². The summed E-state index contributed by atoms with van der Waals surface area (Å²) < 4.78 is 12.6. The molecule has 0 aromatic rings. The van der Waals surface area contributed by atoms with E-state index in [1.54, 1.807) is 6.08 Å². The minimum absolute atomic E-state index is 0.172. The van der Waals surface area contributed by atoms with Crippen LogP contribution >= 0.6 is 15.9 Å². The van der Waals surface area contributed by atoms with Gasteiger partial charge in [-0.2, -0.15) is 4.39 Å². The fourth-order valence-corrected chi connectivity index (χ4v) is 4.40. The molecule has 0 aliphatic heterocycles. The van der Waals surface area contributed by atoms with Gasteiger partial charge in [-0.05, 0) is 84.2 Å². The smallest absolute Gasteiger partial charge is 0.162 e. The van der Waals surface area contributed by atoms with E-state index in [9.17, 15) is 4.39 Å². The molecule has 0 unspecified atom stereocenters. The average Bonchev–Trinajstić information content (AvgIpc) is 2.39. The number of hydrogen-bond acceptors (Lipinski definition) is 0. The Bertz CT molecular complexity index is 267. The average molecular weight is 317 g/mol. The largest absolute Gasteiger partial charge is 0.199 e. The number of rotatable bonds is 3.